The zero-order valence-corrected chi connectivity index (χ0v) is 17.0. The summed E-state index contributed by atoms with van der Waals surface area (Å²) in [5, 5.41) is 5.51. The molecule has 0 amide bonds. The molecular formula is C23H24N4O2. The van der Waals surface area contributed by atoms with E-state index in [4.69, 9.17) is 9.84 Å². The van der Waals surface area contributed by atoms with Gasteiger partial charge in [-0.2, -0.15) is 5.10 Å². The van der Waals surface area contributed by atoms with Crippen LogP contribution in [0.25, 0.3) is 27.7 Å². The normalized spacial score (nSPS) is 17.3. The third-order valence-corrected chi connectivity index (χ3v) is 5.74. The van der Waals surface area contributed by atoms with Crippen LogP contribution in [0.3, 0.4) is 0 Å². The van der Waals surface area contributed by atoms with Crippen LogP contribution < -0.4 is 5.56 Å². The van der Waals surface area contributed by atoms with Gasteiger partial charge in [0, 0.05) is 31.1 Å². The van der Waals surface area contributed by atoms with Gasteiger partial charge in [0.15, 0.2) is 0 Å². The molecule has 1 atom stereocenters. The van der Waals surface area contributed by atoms with Crippen molar-refractivity contribution in [3.63, 3.8) is 0 Å². The van der Waals surface area contributed by atoms with Gasteiger partial charge in [-0.15, -0.1) is 0 Å². The molecule has 148 valence electrons. The molecule has 0 saturated carbocycles. The monoisotopic (exact) mass is 388 g/mol. The molecule has 0 bridgehead atoms. The molecule has 1 unspecified atom stereocenters. The van der Waals surface area contributed by atoms with E-state index in [2.05, 4.69) is 23.2 Å². The molecule has 0 N–H and O–H groups in total. The molecule has 1 saturated heterocycles. The molecule has 0 aliphatic carbocycles. The first kappa shape index (κ1) is 18.1. The second-order valence-electron chi connectivity index (χ2n) is 7.93. The van der Waals surface area contributed by atoms with E-state index in [9.17, 15) is 4.79 Å². The number of hydrogen-bond acceptors (Lipinski definition) is 4. The van der Waals surface area contributed by atoms with Gasteiger partial charge in [0.1, 0.15) is 11.8 Å². The lowest BCUT2D eigenvalue weighted by Crippen LogP contribution is -2.19. The first-order valence-corrected chi connectivity index (χ1v) is 10.1. The Kier molecular flexibility index (Phi) is 4.24. The quantitative estimate of drug-likeness (QED) is 0.519. The second-order valence-corrected chi connectivity index (χ2v) is 7.93. The minimum absolute atomic E-state index is 0.00230. The summed E-state index contributed by atoms with van der Waals surface area (Å²) < 4.78 is 9.48. The topological polar surface area (TPSA) is 61.4 Å². The summed E-state index contributed by atoms with van der Waals surface area (Å²) in [6.07, 6.45) is 3.21. The lowest BCUT2D eigenvalue weighted by Gasteiger charge is -2.20. The van der Waals surface area contributed by atoms with Crippen molar-refractivity contribution < 1.29 is 4.74 Å². The lowest BCUT2D eigenvalue weighted by molar-refractivity contribution is 0.0122. The average molecular weight is 388 g/mol. The van der Waals surface area contributed by atoms with E-state index in [1.54, 1.807) is 11.6 Å². The molecule has 3 aromatic heterocycles. The Labute approximate surface area is 168 Å². The van der Waals surface area contributed by atoms with Crippen molar-refractivity contribution in [2.45, 2.75) is 39.2 Å². The van der Waals surface area contributed by atoms with Gasteiger partial charge in [-0.1, -0.05) is 6.07 Å². The van der Waals surface area contributed by atoms with Gasteiger partial charge in [0.25, 0.3) is 5.56 Å². The van der Waals surface area contributed by atoms with Crippen molar-refractivity contribution in [3.8, 4) is 11.1 Å². The summed E-state index contributed by atoms with van der Waals surface area (Å²) in [5.41, 5.74) is 6.57. The largest absolute Gasteiger partial charge is 0.372 e. The van der Waals surface area contributed by atoms with Crippen molar-refractivity contribution in [2.24, 2.45) is 7.05 Å². The van der Waals surface area contributed by atoms with Crippen molar-refractivity contribution in [3.05, 3.63) is 63.8 Å². The number of hydrogen-bond donors (Lipinski definition) is 0. The Morgan fingerprint density at radius 2 is 1.83 bits per heavy atom. The minimum atomic E-state index is -0.0165. The van der Waals surface area contributed by atoms with Crippen LogP contribution in [0.4, 0.5) is 0 Å². The van der Waals surface area contributed by atoms with Crippen molar-refractivity contribution in [2.75, 3.05) is 6.61 Å². The van der Waals surface area contributed by atoms with Gasteiger partial charge in [-0.25, -0.2) is 4.52 Å². The SMILES string of the molecule is Cc1cc(-c2ccc3c(=O)n(C)c4cc(C5CCCCO5)nn4c3c2)cc(C)n1. The van der Waals surface area contributed by atoms with E-state index in [1.807, 2.05) is 36.6 Å². The summed E-state index contributed by atoms with van der Waals surface area (Å²) in [7, 11) is 1.80. The highest BCUT2D eigenvalue weighted by molar-refractivity contribution is 5.85. The van der Waals surface area contributed by atoms with Crippen molar-refractivity contribution >= 4 is 16.6 Å². The van der Waals surface area contributed by atoms with Crippen LogP contribution in [0, 0.1) is 13.8 Å². The van der Waals surface area contributed by atoms with E-state index < -0.39 is 0 Å². The fourth-order valence-corrected chi connectivity index (χ4v) is 4.29. The van der Waals surface area contributed by atoms with Crippen molar-refractivity contribution in [1.82, 2.24) is 19.2 Å². The number of rotatable bonds is 2. The molecule has 1 fully saturated rings. The first-order valence-electron chi connectivity index (χ1n) is 10.1. The predicted molar refractivity (Wildman–Crippen MR) is 113 cm³/mol. The Balaban J connectivity index is 1.75. The maximum atomic E-state index is 13.0. The number of nitrogens with zero attached hydrogens (tertiary/aromatic N) is 4. The Hall–Kier alpha value is -2.99. The molecule has 0 spiro atoms. The maximum absolute atomic E-state index is 13.0. The fourth-order valence-electron chi connectivity index (χ4n) is 4.29. The fraction of sp³-hybridized carbons (Fsp3) is 0.348. The van der Waals surface area contributed by atoms with Crippen LogP contribution in [0.1, 0.15) is 42.4 Å². The molecule has 5 rings (SSSR count). The van der Waals surface area contributed by atoms with Gasteiger partial charge < -0.3 is 4.74 Å². The Morgan fingerprint density at radius 3 is 2.55 bits per heavy atom. The van der Waals surface area contributed by atoms with Gasteiger partial charge >= 0.3 is 0 Å². The number of benzene rings is 1. The summed E-state index contributed by atoms with van der Waals surface area (Å²) >= 11 is 0. The molecule has 4 aromatic rings. The highest BCUT2D eigenvalue weighted by Crippen LogP contribution is 2.29. The molecule has 0 radical (unpaired) electrons. The summed E-state index contributed by atoms with van der Waals surface area (Å²) in [6, 6.07) is 12.1. The molecule has 29 heavy (non-hydrogen) atoms. The van der Waals surface area contributed by atoms with E-state index in [0.29, 0.717) is 5.39 Å². The summed E-state index contributed by atoms with van der Waals surface area (Å²) in [6.45, 7) is 4.76. The number of pyridine rings is 1. The number of aromatic nitrogens is 4. The van der Waals surface area contributed by atoms with Crippen LogP contribution in [-0.2, 0) is 11.8 Å². The van der Waals surface area contributed by atoms with Crippen LogP contribution in [0.15, 0.2) is 41.2 Å². The van der Waals surface area contributed by atoms with Gasteiger partial charge in [-0.3, -0.25) is 14.3 Å². The van der Waals surface area contributed by atoms with E-state index in [-0.39, 0.29) is 11.7 Å². The lowest BCUT2D eigenvalue weighted by atomic mass is 10.0. The second kappa shape index (κ2) is 6.81. The minimum Gasteiger partial charge on any atom is -0.372 e. The van der Waals surface area contributed by atoms with E-state index in [0.717, 1.165) is 65.2 Å². The zero-order valence-electron chi connectivity index (χ0n) is 17.0. The van der Waals surface area contributed by atoms with Crippen LogP contribution >= 0.6 is 0 Å². The Bertz CT molecular complexity index is 1280. The van der Waals surface area contributed by atoms with Crippen LogP contribution in [0.2, 0.25) is 0 Å². The first-order chi connectivity index (χ1) is 14.0. The third kappa shape index (κ3) is 3.04. The summed E-state index contributed by atoms with van der Waals surface area (Å²) in [4.78, 5) is 17.4. The standard InChI is InChI=1S/C23H24N4O2/c1-14-10-17(11-15(2)24-14)16-7-8-18-20(12-16)27-22(26(3)23(18)28)13-19(25-27)21-6-4-5-9-29-21/h7-8,10-13,21H,4-6,9H2,1-3H3. The molecule has 6 heteroatoms. The highest BCUT2D eigenvalue weighted by atomic mass is 16.5. The van der Waals surface area contributed by atoms with E-state index >= 15 is 0 Å². The van der Waals surface area contributed by atoms with Crippen LogP contribution in [-0.4, -0.2) is 25.8 Å². The highest BCUT2D eigenvalue weighted by Gasteiger charge is 2.21. The zero-order chi connectivity index (χ0) is 20.1. The van der Waals surface area contributed by atoms with Crippen LogP contribution in [0.5, 0.6) is 0 Å². The number of aryl methyl sites for hydroxylation is 3. The maximum Gasteiger partial charge on any atom is 0.261 e. The molecular weight excluding hydrogens is 364 g/mol. The third-order valence-electron chi connectivity index (χ3n) is 5.74. The molecule has 1 aliphatic rings. The molecule has 1 aliphatic heterocycles. The number of fused-ring (bicyclic) bond motifs is 3. The van der Waals surface area contributed by atoms with E-state index in [1.165, 1.54) is 0 Å². The van der Waals surface area contributed by atoms with Gasteiger partial charge in [-0.05, 0) is 68.5 Å². The molecule has 1 aromatic carbocycles. The molecule has 6 nitrogen and oxygen atoms in total. The van der Waals surface area contributed by atoms with Gasteiger partial charge in [0.05, 0.1) is 16.6 Å². The predicted octanol–water partition coefficient (Wildman–Crippen LogP) is 4.11. The smallest absolute Gasteiger partial charge is 0.261 e. The Morgan fingerprint density at radius 1 is 1.03 bits per heavy atom. The van der Waals surface area contributed by atoms with Gasteiger partial charge in [0.2, 0.25) is 0 Å². The molecule has 4 heterocycles. The average Bonchev–Trinajstić information content (AvgIpc) is 3.17. The number of ether oxygens (including phenoxy) is 1. The summed E-state index contributed by atoms with van der Waals surface area (Å²) in [5.74, 6) is 0. The van der Waals surface area contributed by atoms with Crippen molar-refractivity contribution in [1.29, 1.82) is 0 Å².